The summed E-state index contributed by atoms with van der Waals surface area (Å²) in [5.74, 6) is -2.03. The molecule has 2 aromatic heterocycles. The van der Waals surface area contributed by atoms with Gasteiger partial charge in [0.25, 0.3) is 11.8 Å². The molecule has 3 aromatic rings. The molecule has 1 aliphatic heterocycles. The molecule has 0 bridgehead atoms. The maximum atomic E-state index is 12.3. The monoisotopic (exact) mass is 320 g/mol. The van der Waals surface area contributed by atoms with Crippen LogP contribution in [0.3, 0.4) is 0 Å². The van der Waals surface area contributed by atoms with E-state index in [1.807, 2.05) is 19.1 Å². The summed E-state index contributed by atoms with van der Waals surface area (Å²) in [6, 6.07) is 11.8. The van der Waals surface area contributed by atoms with Crippen LogP contribution in [0.2, 0.25) is 0 Å². The minimum atomic E-state index is -0.757. The fourth-order valence-electron chi connectivity index (χ4n) is 2.78. The number of imide groups is 1. The Labute approximate surface area is 136 Å². The maximum absolute atomic E-state index is 12.3. The highest BCUT2D eigenvalue weighted by atomic mass is 16.7. The first-order valence-corrected chi connectivity index (χ1v) is 7.34. The molecule has 1 aliphatic rings. The van der Waals surface area contributed by atoms with Crippen LogP contribution in [-0.2, 0) is 4.84 Å². The zero-order valence-electron chi connectivity index (χ0n) is 12.7. The van der Waals surface area contributed by atoms with Gasteiger partial charge >= 0.3 is 5.97 Å². The zero-order valence-corrected chi connectivity index (χ0v) is 12.7. The van der Waals surface area contributed by atoms with Crippen LogP contribution in [0.5, 0.6) is 0 Å². The van der Waals surface area contributed by atoms with E-state index in [0.29, 0.717) is 5.06 Å². The number of aromatic nitrogens is 1. The number of pyridine rings is 1. The maximum Gasteiger partial charge on any atom is 0.365 e. The fourth-order valence-corrected chi connectivity index (χ4v) is 2.78. The molecule has 0 saturated carbocycles. The van der Waals surface area contributed by atoms with Crippen molar-refractivity contribution in [2.75, 3.05) is 0 Å². The summed E-state index contributed by atoms with van der Waals surface area (Å²) in [6.07, 6.45) is 3.41. The van der Waals surface area contributed by atoms with Gasteiger partial charge in [-0.3, -0.25) is 9.59 Å². The number of hydroxylamine groups is 2. The molecule has 24 heavy (non-hydrogen) atoms. The first-order chi connectivity index (χ1) is 11.6. The van der Waals surface area contributed by atoms with Gasteiger partial charge in [-0.1, -0.05) is 23.3 Å². The van der Waals surface area contributed by atoms with Gasteiger partial charge in [-0.05, 0) is 36.8 Å². The van der Waals surface area contributed by atoms with Crippen LogP contribution in [0.4, 0.5) is 0 Å². The molecule has 1 aromatic carbocycles. The number of hydrogen-bond acceptors (Lipinski definition) is 4. The molecule has 0 spiro atoms. The van der Waals surface area contributed by atoms with E-state index in [-0.39, 0.29) is 16.7 Å². The third-order valence-electron chi connectivity index (χ3n) is 4.01. The van der Waals surface area contributed by atoms with Gasteiger partial charge in [0.15, 0.2) is 0 Å². The molecule has 0 unspecified atom stereocenters. The highest BCUT2D eigenvalue weighted by Crippen LogP contribution is 2.24. The van der Waals surface area contributed by atoms with Crippen molar-refractivity contribution in [3.63, 3.8) is 0 Å². The number of rotatable bonds is 2. The topological polar surface area (TPSA) is 68.1 Å². The summed E-state index contributed by atoms with van der Waals surface area (Å²) in [6.45, 7) is 1.93. The van der Waals surface area contributed by atoms with Gasteiger partial charge in [0.2, 0.25) is 0 Å². The molecular weight excluding hydrogens is 308 g/mol. The largest absolute Gasteiger partial charge is 0.365 e. The Bertz CT molecular complexity index is 984. The number of aryl methyl sites for hydroxylation is 1. The van der Waals surface area contributed by atoms with Gasteiger partial charge in [0.1, 0.15) is 0 Å². The Balaban J connectivity index is 1.64. The lowest BCUT2D eigenvalue weighted by Gasteiger charge is -2.11. The zero-order chi connectivity index (χ0) is 16.8. The Kier molecular flexibility index (Phi) is 2.99. The molecule has 0 aliphatic carbocycles. The van der Waals surface area contributed by atoms with Crippen molar-refractivity contribution >= 4 is 23.3 Å². The summed E-state index contributed by atoms with van der Waals surface area (Å²) < 4.78 is 1.79. The number of amides is 2. The lowest BCUT2D eigenvalue weighted by atomic mass is 10.1. The predicted molar refractivity (Wildman–Crippen MR) is 84.5 cm³/mol. The van der Waals surface area contributed by atoms with Gasteiger partial charge in [-0.2, -0.15) is 0 Å². The average Bonchev–Trinajstić information content (AvgIpc) is 3.12. The number of benzene rings is 1. The quantitative estimate of drug-likeness (QED) is 0.681. The number of fused-ring (bicyclic) bond motifs is 2. The molecule has 118 valence electrons. The lowest BCUT2D eigenvalue weighted by Crippen LogP contribution is -2.32. The van der Waals surface area contributed by atoms with Crippen molar-refractivity contribution in [1.82, 2.24) is 9.46 Å². The number of nitrogens with zero attached hydrogens (tertiary/aromatic N) is 2. The van der Waals surface area contributed by atoms with E-state index in [1.165, 1.54) is 12.1 Å². The van der Waals surface area contributed by atoms with E-state index in [9.17, 15) is 14.4 Å². The smallest absolute Gasteiger partial charge is 0.324 e. The average molecular weight is 320 g/mol. The SMILES string of the molecule is Cc1cccn2cc(C(=O)ON3C(=O)c4ccccc4C3=O)cc12. The molecule has 0 radical (unpaired) electrons. The Morgan fingerprint density at radius 3 is 2.29 bits per heavy atom. The first kappa shape index (κ1) is 14.2. The normalized spacial score (nSPS) is 13.5. The fraction of sp³-hybridized carbons (Fsp3) is 0.0556. The van der Waals surface area contributed by atoms with Gasteiger partial charge in [-0.25, -0.2) is 4.79 Å². The van der Waals surface area contributed by atoms with E-state index >= 15 is 0 Å². The molecule has 0 N–H and O–H groups in total. The summed E-state index contributed by atoms with van der Waals surface area (Å²) in [4.78, 5) is 41.8. The van der Waals surface area contributed by atoms with Gasteiger partial charge in [0.05, 0.1) is 16.7 Å². The Hall–Kier alpha value is -3.41. The van der Waals surface area contributed by atoms with Crippen molar-refractivity contribution in [1.29, 1.82) is 0 Å². The third-order valence-corrected chi connectivity index (χ3v) is 4.01. The van der Waals surface area contributed by atoms with Gasteiger partial charge < -0.3 is 9.24 Å². The number of hydrogen-bond donors (Lipinski definition) is 0. The molecule has 0 fully saturated rings. The molecule has 2 amide bonds. The summed E-state index contributed by atoms with van der Waals surface area (Å²) in [5.41, 5.74) is 2.58. The second kappa shape index (κ2) is 5.06. The Morgan fingerprint density at radius 1 is 1.00 bits per heavy atom. The van der Waals surface area contributed by atoms with E-state index in [2.05, 4.69) is 0 Å². The lowest BCUT2D eigenvalue weighted by molar-refractivity contribution is -0.0584. The predicted octanol–water partition coefficient (Wildman–Crippen LogP) is 2.62. The Morgan fingerprint density at radius 2 is 1.67 bits per heavy atom. The summed E-state index contributed by atoms with van der Waals surface area (Å²) >= 11 is 0. The van der Waals surface area contributed by atoms with Crippen molar-refractivity contribution in [2.24, 2.45) is 0 Å². The number of carbonyl (C=O) groups excluding carboxylic acids is 3. The van der Waals surface area contributed by atoms with Crippen LogP contribution in [0, 0.1) is 6.92 Å². The van der Waals surface area contributed by atoms with E-state index in [0.717, 1.165) is 11.1 Å². The molecular formula is C18H12N2O4. The van der Waals surface area contributed by atoms with Crippen molar-refractivity contribution in [3.8, 4) is 0 Å². The molecule has 4 rings (SSSR count). The van der Waals surface area contributed by atoms with Crippen molar-refractivity contribution in [3.05, 3.63) is 77.1 Å². The minimum Gasteiger partial charge on any atom is -0.324 e. The van der Waals surface area contributed by atoms with Crippen LogP contribution in [-0.4, -0.2) is 27.2 Å². The van der Waals surface area contributed by atoms with Crippen LogP contribution < -0.4 is 0 Å². The molecule has 0 atom stereocenters. The van der Waals surface area contributed by atoms with E-state index < -0.39 is 17.8 Å². The van der Waals surface area contributed by atoms with Crippen LogP contribution in [0.15, 0.2) is 54.9 Å². The molecule has 3 heterocycles. The number of carbonyl (C=O) groups is 3. The molecule has 6 nitrogen and oxygen atoms in total. The standard InChI is InChI=1S/C18H12N2O4/c1-11-5-4-8-19-10-12(9-15(11)19)18(23)24-20-16(21)13-6-2-3-7-14(13)17(20)22/h2-10H,1H3. The van der Waals surface area contributed by atoms with Crippen molar-refractivity contribution in [2.45, 2.75) is 6.92 Å². The van der Waals surface area contributed by atoms with Crippen LogP contribution in [0.25, 0.3) is 5.52 Å². The van der Waals surface area contributed by atoms with Crippen molar-refractivity contribution < 1.29 is 19.2 Å². The van der Waals surface area contributed by atoms with Gasteiger partial charge in [-0.15, -0.1) is 0 Å². The first-order valence-electron chi connectivity index (χ1n) is 7.34. The van der Waals surface area contributed by atoms with E-state index in [1.54, 1.807) is 35.0 Å². The summed E-state index contributed by atoms with van der Waals surface area (Å²) in [7, 11) is 0. The summed E-state index contributed by atoms with van der Waals surface area (Å²) in [5, 5.41) is 0.516. The second-order valence-electron chi connectivity index (χ2n) is 5.54. The highest BCUT2D eigenvalue weighted by molar-refractivity contribution is 6.21. The minimum absolute atomic E-state index is 0.230. The second-order valence-corrected chi connectivity index (χ2v) is 5.54. The third kappa shape index (κ3) is 2.00. The molecule has 6 heteroatoms. The van der Waals surface area contributed by atoms with Crippen LogP contribution in [0.1, 0.15) is 36.6 Å². The highest BCUT2D eigenvalue weighted by Gasteiger charge is 2.38. The van der Waals surface area contributed by atoms with E-state index in [4.69, 9.17) is 4.84 Å². The van der Waals surface area contributed by atoms with Gasteiger partial charge in [0, 0.05) is 17.9 Å². The van der Waals surface area contributed by atoms with Crippen LogP contribution >= 0.6 is 0 Å². The molecule has 0 saturated heterocycles.